The molecule has 0 fully saturated rings. The van der Waals surface area contributed by atoms with Crippen molar-refractivity contribution < 1.29 is 19.5 Å². The van der Waals surface area contributed by atoms with Gasteiger partial charge in [-0.2, -0.15) is 0 Å². The third-order valence-electron chi connectivity index (χ3n) is 3.70. The first-order chi connectivity index (χ1) is 11.1. The molecule has 0 aliphatic carbocycles. The minimum absolute atomic E-state index is 0.0773. The van der Waals surface area contributed by atoms with Crippen LogP contribution >= 0.6 is 0 Å². The second kappa shape index (κ2) is 5.92. The molecule has 1 heterocycles. The molecule has 0 saturated carbocycles. The maximum Gasteiger partial charge on any atom is 0.322 e. The molecule has 0 atom stereocenters. The number of hydrogen-bond donors (Lipinski definition) is 3. The normalized spacial score (nSPS) is 12.4. The van der Waals surface area contributed by atoms with Crippen LogP contribution in [0, 0.1) is 0 Å². The van der Waals surface area contributed by atoms with Crippen LogP contribution in [-0.4, -0.2) is 29.4 Å². The second-order valence-electron chi connectivity index (χ2n) is 5.17. The van der Waals surface area contributed by atoms with Crippen molar-refractivity contribution in [3.63, 3.8) is 0 Å². The predicted molar refractivity (Wildman–Crippen MR) is 83.0 cm³/mol. The summed E-state index contributed by atoms with van der Waals surface area (Å²) in [5, 5.41) is 13.7. The molecular weight excluding hydrogens is 296 g/mol. The summed E-state index contributed by atoms with van der Waals surface area (Å²) in [7, 11) is 0. The highest BCUT2D eigenvalue weighted by Gasteiger charge is 2.21. The zero-order valence-corrected chi connectivity index (χ0v) is 12.1. The number of aliphatic carboxylic acids is 1. The summed E-state index contributed by atoms with van der Waals surface area (Å²) in [6.45, 7) is 0.0751. The van der Waals surface area contributed by atoms with Gasteiger partial charge in [0.05, 0.1) is 0 Å². The molecule has 0 aromatic heterocycles. The first-order valence-electron chi connectivity index (χ1n) is 7.07. The van der Waals surface area contributed by atoms with Gasteiger partial charge in [-0.15, -0.1) is 0 Å². The molecule has 0 saturated heterocycles. The number of amides is 2. The van der Waals surface area contributed by atoms with Gasteiger partial charge in [0.1, 0.15) is 6.54 Å². The van der Waals surface area contributed by atoms with Gasteiger partial charge in [-0.05, 0) is 34.9 Å². The van der Waals surface area contributed by atoms with Crippen molar-refractivity contribution >= 4 is 17.8 Å². The topological polar surface area (TPSA) is 95.5 Å². The zero-order valence-electron chi connectivity index (χ0n) is 12.1. The Balaban J connectivity index is 1.85. The number of carbonyl (C=O) groups is 3. The van der Waals surface area contributed by atoms with Crippen LogP contribution in [0.25, 0.3) is 11.1 Å². The fourth-order valence-corrected chi connectivity index (χ4v) is 2.58. The summed E-state index contributed by atoms with van der Waals surface area (Å²) in [5.41, 5.74) is 3.84. The summed E-state index contributed by atoms with van der Waals surface area (Å²) in [4.78, 5) is 34.0. The van der Waals surface area contributed by atoms with E-state index in [4.69, 9.17) is 5.11 Å². The Morgan fingerprint density at radius 3 is 2.48 bits per heavy atom. The van der Waals surface area contributed by atoms with E-state index >= 15 is 0 Å². The fourth-order valence-electron chi connectivity index (χ4n) is 2.58. The van der Waals surface area contributed by atoms with Gasteiger partial charge in [-0.25, -0.2) is 0 Å². The highest BCUT2D eigenvalue weighted by molar-refractivity contribution is 6.01. The van der Waals surface area contributed by atoms with E-state index in [2.05, 4.69) is 10.6 Å². The lowest BCUT2D eigenvalue weighted by Crippen LogP contribution is -2.29. The Kier molecular flexibility index (Phi) is 3.80. The SMILES string of the molecule is O=C(O)CNC(=O)c1ccc(-c2cccc3c2CNC3=O)cc1. The molecule has 23 heavy (non-hydrogen) atoms. The smallest absolute Gasteiger partial charge is 0.322 e. The lowest BCUT2D eigenvalue weighted by molar-refractivity contribution is -0.135. The largest absolute Gasteiger partial charge is 0.480 e. The molecule has 0 bridgehead atoms. The number of carboxylic acid groups (broad SMARTS) is 1. The van der Waals surface area contributed by atoms with Gasteiger partial charge in [0.2, 0.25) is 0 Å². The summed E-state index contributed by atoms with van der Waals surface area (Å²) in [6, 6.07) is 12.4. The number of benzene rings is 2. The molecule has 6 nitrogen and oxygen atoms in total. The average Bonchev–Trinajstić information content (AvgIpc) is 2.94. The summed E-state index contributed by atoms with van der Waals surface area (Å²) in [6.07, 6.45) is 0. The van der Waals surface area contributed by atoms with Crippen LogP contribution in [0.5, 0.6) is 0 Å². The van der Waals surface area contributed by atoms with Gasteiger partial charge in [0.25, 0.3) is 11.8 Å². The van der Waals surface area contributed by atoms with Crippen molar-refractivity contribution in [1.82, 2.24) is 10.6 Å². The fraction of sp³-hybridized carbons (Fsp3) is 0.118. The summed E-state index contributed by atoms with van der Waals surface area (Å²) >= 11 is 0. The Bertz CT molecular complexity index is 797. The van der Waals surface area contributed by atoms with Gasteiger partial charge in [-0.1, -0.05) is 24.3 Å². The molecule has 0 spiro atoms. The first kappa shape index (κ1) is 14.8. The predicted octanol–water partition coefficient (Wildman–Crippen LogP) is 1.41. The van der Waals surface area contributed by atoms with Crippen LogP contribution in [0.4, 0.5) is 0 Å². The van der Waals surface area contributed by atoms with Crippen molar-refractivity contribution in [3.8, 4) is 11.1 Å². The maximum absolute atomic E-state index is 11.8. The van der Waals surface area contributed by atoms with Crippen molar-refractivity contribution in [2.45, 2.75) is 6.54 Å². The number of carbonyl (C=O) groups excluding carboxylic acids is 2. The van der Waals surface area contributed by atoms with Crippen molar-refractivity contribution in [3.05, 3.63) is 59.2 Å². The van der Waals surface area contributed by atoms with Crippen LogP contribution in [0.3, 0.4) is 0 Å². The van der Waals surface area contributed by atoms with E-state index in [-0.39, 0.29) is 5.91 Å². The Morgan fingerprint density at radius 1 is 1.09 bits per heavy atom. The van der Waals surface area contributed by atoms with E-state index in [0.717, 1.165) is 16.7 Å². The van der Waals surface area contributed by atoms with Gasteiger partial charge in [0, 0.05) is 17.7 Å². The number of fused-ring (bicyclic) bond motifs is 1. The molecule has 2 aromatic rings. The van der Waals surface area contributed by atoms with Crippen molar-refractivity contribution in [2.75, 3.05) is 6.54 Å². The van der Waals surface area contributed by atoms with Crippen LogP contribution < -0.4 is 10.6 Å². The first-order valence-corrected chi connectivity index (χ1v) is 7.07. The van der Waals surface area contributed by atoms with E-state index in [0.29, 0.717) is 17.7 Å². The van der Waals surface area contributed by atoms with Crippen molar-refractivity contribution in [1.29, 1.82) is 0 Å². The summed E-state index contributed by atoms with van der Waals surface area (Å²) < 4.78 is 0. The highest BCUT2D eigenvalue weighted by atomic mass is 16.4. The quantitative estimate of drug-likeness (QED) is 0.795. The minimum atomic E-state index is -1.09. The van der Waals surface area contributed by atoms with E-state index in [1.165, 1.54) is 0 Å². The second-order valence-corrected chi connectivity index (χ2v) is 5.17. The Hall–Kier alpha value is -3.15. The van der Waals surface area contributed by atoms with E-state index in [9.17, 15) is 14.4 Å². The molecule has 3 N–H and O–H groups in total. The molecule has 1 aliphatic rings. The maximum atomic E-state index is 11.8. The lowest BCUT2D eigenvalue weighted by Gasteiger charge is -2.08. The van der Waals surface area contributed by atoms with Gasteiger partial charge < -0.3 is 15.7 Å². The van der Waals surface area contributed by atoms with Crippen LogP contribution in [-0.2, 0) is 11.3 Å². The van der Waals surface area contributed by atoms with Gasteiger partial charge in [0.15, 0.2) is 0 Å². The molecule has 6 heteroatoms. The monoisotopic (exact) mass is 310 g/mol. The number of nitrogens with one attached hydrogen (secondary N) is 2. The third kappa shape index (κ3) is 2.91. The van der Waals surface area contributed by atoms with Crippen LogP contribution in [0.15, 0.2) is 42.5 Å². The molecule has 2 aromatic carbocycles. The average molecular weight is 310 g/mol. The van der Waals surface area contributed by atoms with Gasteiger partial charge >= 0.3 is 5.97 Å². The van der Waals surface area contributed by atoms with E-state index in [1.807, 2.05) is 12.1 Å². The number of hydrogen-bond acceptors (Lipinski definition) is 3. The molecule has 0 unspecified atom stereocenters. The molecule has 116 valence electrons. The molecule has 2 amide bonds. The van der Waals surface area contributed by atoms with Crippen LogP contribution in [0.1, 0.15) is 26.3 Å². The highest BCUT2D eigenvalue weighted by Crippen LogP contribution is 2.29. The zero-order chi connectivity index (χ0) is 16.4. The number of carboxylic acids is 1. The lowest BCUT2D eigenvalue weighted by atomic mass is 9.96. The third-order valence-corrected chi connectivity index (χ3v) is 3.70. The molecule has 3 rings (SSSR count). The molecular formula is C17H14N2O4. The Morgan fingerprint density at radius 2 is 1.78 bits per heavy atom. The molecule has 0 radical (unpaired) electrons. The minimum Gasteiger partial charge on any atom is -0.480 e. The van der Waals surface area contributed by atoms with Gasteiger partial charge in [-0.3, -0.25) is 14.4 Å². The molecule has 1 aliphatic heterocycles. The van der Waals surface area contributed by atoms with E-state index < -0.39 is 18.4 Å². The summed E-state index contributed by atoms with van der Waals surface area (Å²) in [5.74, 6) is -1.60. The van der Waals surface area contributed by atoms with E-state index in [1.54, 1.807) is 30.3 Å². The number of rotatable bonds is 4. The standard InChI is InChI=1S/C17H14N2O4/c20-15(21)9-19-16(22)11-6-4-10(5-7-11)12-2-1-3-13-14(12)8-18-17(13)23/h1-7H,8-9H2,(H,18,23)(H,19,22)(H,20,21). The Labute approximate surface area is 132 Å². The van der Waals surface area contributed by atoms with Crippen LogP contribution in [0.2, 0.25) is 0 Å². The van der Waals surface area contributed by atoms with Crippen molar-refractivity contribution in [2.24, 2.45) is 0 Å².